The Bertz CT molecular complexity index is 1120. The van der Waals surface area contributed by atoms with Gasteiger partial charge in [-0.15, -0.1) is 11.3 Å². The van der Waals surface area contributed by atoms with Crippen molar-refractivity contribution < 1.29 is 14.3 Å². The molecule has 0 saturated heterocycles. The van der Waals surface area contributed by atoms with Gasteiger partial charge in [0.2, 0.25) is 5.91 Å². The van der Waals surface area contributed by atoms with Gasteiger partial charge in [-0.25, -0.2) is 0 Å². The van der Waals surface area contributed by atoms with Crippen LogP contribution >= 0.6 is 35.2 Å². The van der Waals surface area contributed by atoms with Crippen LogP contribution in [-0.2, 0) is 9.59 Å². The summed E-state index contributed by atoms with van der Waals surface area (Å²) >= 11 is 12.8. The summed E-state index contributed by atoms with van der Waals surface area (Å²) in [5, 5.41) is 10.8. The van der Waals surface area contributed by atoms with Gasteiger partial charge in [0.15, 0.2) is 11.2 Å². The van der Waals surface area contributed by atoms with Crippen molar-refractivity contribution in [3.05, 3.63) is 82.0 Å². The lowest BCUT2D eigenvalue weighted by Gasteiger charge is -2.16. The van der Waals surface area contributed by atoms with Gasteiger partial charge in [0.1, 0.15) is 5.75 Å². The molecule has 0 aliphatic rings. The molecule has 0 aliphatic heterocycles. The second-order valence-electron chi connectivity index (χ2n) is 6.55. The Kier molecular flexibility index (Phi) is 8.38. The van der Waals surface area contributed by atoms with E-state index in [9.17, 15) is 9.59 Å². The molecule has 0 fully saturated rings. The molecule has 3 aromatic rings. The molecule has 1 atom stereocenters. The summed E-state index contributed by atoms with van der Waals surface area (Å²) in [6.45, 7) is 1.64. The molecule has 0 bridgehead atoms. The molecule has 2 aromatic carbocycles. The van der Waals surface area contributed by atoms with E-state index in [0.717, 1.165) is 4.88 Å². The van der Waals surface area contributed by atoms with Crippen molar-refractivity contribution >= 4 is 69.5 Å². The first-order valence-electron chi connectivity index (χ1n) is 9.56. The first kappa shape index (κ1) is 23.5. The zero-order valence-electron chi connectivity index (χ0n) is 17.0. The Hall–Kier alpha value is -3.20. The number of hydrogen-bond acceptors (Lipinski definition) is 5. The first-order valence-corrected chi connectivity index (χ1v) is 11.2. The van der Waals surface area contributed by atoms with Gasteiger partial charge in [-0.3, -0.25) is 14.9 Å². The third-order valence-corrected chi connectivity index (χ3v) is 5.45. The lowest BCUT2D eigenvalue weighted by Crippen LogP contribution is -2.32. The van der Waals surface area contributed by atoms with E-state index in [4.69, 9.17) is 28.6 Å². The number of thiocarbonyl (C=S) groups is 1. The average Bonchev–Trinajstić information content (AvgIpc) is 3.29. The number of rotatable bonds is 7. The maximum Gasteiger partial charge on any atom is 0.265 e. The minimum absolute atomic E-state index is 0.171. The van der Waals surface area contributed by atoms with Gasteiger partial charge >= 0.3 is 0 Å². The van der Waals surface area contributed by atoms with Gasteiger partial charge in [-0.1, -0.05) is 29.8 Å². The van der Waals surface area contributed by atoms with Crippen LogP contribution in [0.3, 0.4) is 0 Å². The van der Waals surface area contributed by atoms with Crippen LogP contribution in [0.5, 0.6) is 5.75 Å². The zero-order valence-corrected chi connectivity index (χ0v) is 19.4. The number of carbonyl (C=O) groups excluding carboxylic acids is 2. The van der Waals surface area contributed by atoms with Crippen LogP contribution in [0.25, 0.3) is 6.08 Å². The molecule has 0 radical (unpaired) electrons. The van der Waals surface area contributed by atoms with Gasteiger partial charge in [0, 0.05) is 22.3 Å². The quantitative estimate of drug-likeness (QED) is 0.311. The van der Waals surface area contributed by atoms with Gasteiger partial charge in [0.05, 0.1) is 5.02 Å². The molecule has 6 nitrogen and oxygen atoms in total. The van der Waals surface area contributed by atoms with Crippen molar-refractivity contribution in [2.24, 2.45) is 0 Å². The molecule has 1 unspecified atom stereocenters. The predicted molar refractivity (Wildman–Crippen MR) is 134 cm³/mol. The standard InChI is InChI=1S/C23H20ClN3O3S2/c1-15(30-20-7-3-2-6-19(20)24)22(29)25-16-8-10-17(11-9-16)26-23(31)27-21(28)13-12-18-5-4-14-32-18/h2-15H,1H3,(H,25,29)(H2,26,27,28,31)/b13-12+. The molecule has 9 heteroatoms. The Balaban J connectivity index is 1.47. The zero-order chi connectivity index (χ0) is 22.9. The molecule has 0 aliphatic carbocycles. The van der Waals surface area contributed by atoms with Crippen molar-refractivity contribution in [2.45, 2.75) is 13.0 Å². The number of halogens is 1. The van der Waals surface area contributed by atoms with E-state index in [1.807, 2.05) is 17.5 Å². The highest BCUT2D eigenvalue weighted by Gasteiger charge is 2.16. The number of carbonyl (C=O) groups is 2. The number of para-hydroxylation sites is 1. The van der Waals surface area contributed by atoms with E-state index in [2.05, 4.69) is 16.0 Å². The maximum atomic E-state index is 12.4. The summed E-state index contributed by atoms with van der Waals surface area (Å²) in [7, 11) is 0. The van der Waals surface area contributed by atoms with Crippen LogP contribution in [-0.4, -0.2) is 23.0 Å². The fraction of sp³-hybridized carbons (Fsp3) is 0.0870. The lowest BCUT2D eigenvalue weighted by molar-refractivity contribution is -0.122. The molecule has 0 saturated carbocycles. The number of nitrogens with one attached hydrogen (secondary N) is 3. The molecule has 164 valence electrons. The molecule has 2 amide bonds. The molecular formula is C23H20ClN3O3S2. The van der Waals surface area contributed by atoms with Gasteiger partial charge in [-0.2, -0.15) is 0 Å². The fourth-order valence-electron chi connectivity index (χ4n) is 2.52. The molecular weight excluding hydrogens is 466 g/mol. The number of thiophene rings is 1. The largest absolute Gasteiger partial charge is 0.479 e. The number of ether oxygens (including phenoxy) is 1. The summed E-state index contributed by atoms with van der Waals surface area (Å²) in [4.78, 5) is 25.3. The topological polar surface area (TPSA) is 79.5 Å². The van der Waals surface area contributed by atoms with E-state index in [0.29, 0.717) is 22.1 Å². The lowest BCUT2D eigenvalue weighted by atomic mass is 10.2. The summed E-state index contributed by atoms with van der Waals surface area (Å²) in [5.74, 6) is -0.199. The highest BCUT2D eigenvalue weighted by Crippen LogP contribution is 2.24. The van der Waals surface area contributed by atoms with Crippen molar-refractivity contribution in [2.75, 3.05) is 10.6 Å². The second kappa shape index (κ2) is 11.4. The van der Waals surface area contributed by atoms with E-state index in [-0.39, 0.29) is 16.9 Å². The summed E-state index contributed by atoms with van der Waals surface area (Å²) in [6.07, 6.45) is 2.40. The summed E-state index contributed by atoms with van der Waals surface area (Å²) in [6, 6.07) is 17.7. The first-order chi connectivity index (χ1) is 15.4. The SMILES string of the molecule is CC(Oc1ccccc1Cl)C(=O)Nc1ccc(NC(=S)NC(=O)/C=C/c2cccs2)cc1. The van der Waals surface area contributed by atoms with Crippen LogP contribution in [0.4, 0.5) is 11.4 Å². The van der Waals surface area contributed by atoms with E-state index in [1.54, 1.807) is 61.5 Å². The van der Waals surface area contributed by atoms with Crippen LogP contribution in [0.15, 0.2) is 72.1 Å². The van der Waals surface area contributed by atoms with Crippen molar-refractivity contribution in [1.82, 2.24) is 5.32 Å². The molecule has 3 N–H and O–H groups in total. The highest BCUT2D eigenvalue weighted by molar-refractivity contribution is 7.80. The van der Waals surface area contributed by atoms with Gasteiger partial charge in [-0.05, 0) is 73.1 Å². The van der Waals surface area contributed by atoms with Gasteiger partial charge in [0.25, 0.3) is 5.91 Å². The monoisotopic (exact) mass is 485 g/mol. The molecule has 3 rings (SSSR count). The van der Waals surface area contributed by atoms with Crippen LogP contribution < -0.4 is 20.7 Å². The molecule has 0 spiro atoms. The smallest absolute Gasteiger partial charge is 0.265 e. The summed E-state index contributed by atoms with van der Waals surface area (Å²) in [5.41, 5.74) is 1.25. The third kappa shape index (κ3) is 7.19. The predicted octanol–water partition coefficient (Wildman–Crippen LogP) is 5.33. The summed E-state index contributed by atoms with van der Waals surface area (Å²) < 4.78 is 5.62. The second-order valence-corrected chi connectivity index (χ2v) is 8.34. The molecule has 32 heavy (non-hydrogen) atoms. The fourth-order valence-corrected chi connectivity index (χ4v) is 3.54. The molecule has 1 heterocycles. The highest BCUT2D eigenvalue weighted by atomic mass is 35.5. The van der Waals surface area contributed by atoms with Crippen molar-refractivity contribution in [1.29, 1.82) is 0 Å². The van der Waals surface area contributed by atoms with Crippen molar-refractivity contribution in [3.63, 3.8) is 0 Å². The van der Waals surface area contributed by atoms with Crippen LogP contribution in [0.2, 0.25) is 5.02 Å². The molecule has 1 aromatic heterocycles. The Morgan fingerprint density at radius 1 is 1.03 bits per heavy atom. The maximum absolute atomic E-state index is 12.4. The number of benzene rings is 2. The number of hydrogen-bond donors (Lipinski definition) is 3. The van der Waals surface area contributed by atoms with E-state index >= 15 is 0 Å². The third-order valence-electron chi connectivity index (χ3n) is 4.10. The normalized spacial score (nSPS) is 11.6. The minimum atomic E-state index is -0.738. The Morgan fingerprint density at radius 2 is 1.72 bits per heavy atom. The number of anilines is 2. The van der Waals surface area contributed by atoms with E-state index < -0.39 is 6.10 Å². The van der Waals surface area contributed by atoms with Crippen molar-refractivity contribution in [3.8, 4) is 5.75 Å². The van der Waals surface area contributed by atoms with E-state index in [1.165, 1.54) is 17.4 Å². The number of amides is 2. The minimum Gasteiger partial charge on any atom is -0.479 e. The van der Waals surface area contributed by atoms with Crippen LogP contribution in [0.1, 0.15) is 11.8 Å². The average molecular weight is 486 g/mol. The van der Waals surface area contributed by atoms with Crippen LogP contribution in [0, 0.1) is 0 Å². The Labute approximate surface area is 200 Å². The Morgan fingerprint density at radius 3 is 2.38 bits per heavy atom. The van der Waals surface area contributed by atoms with Gasteiger partial charge < -0.3 is 15.4 Å².